The van der Waals surface area contributed by atoms with Crippen LogP contribution in [0.25, 0.3) is 0 Å². The van der Waals surface area contributed by atoms with E-state index in [1.807, 2.05) is 11.0 Å². The predicted octanol–water partition coefficient (Wildman–Crippen LogP) is 1.45. The lowest BCUT2D eigenvalue weighted by Gasteiger charge is -2.35. The van der Waals surface area contributed by atoms with Gasteiger partial charge in [-0.2, -0.15) is 5.26 Å². The second-order valence-electron chi connectivity index (χ2n) is 4.25. The van der Waals surface area contributed by atoms with Gasteiger partial charge in [0, 0.05) is 26.2 Å². The Hall–Kier alpha value is -2.04. The van der Waals surface area contributed by atoms with Crippen molar-refractivity contribution in [2.24, 2.45) is 0 Å². The van der Waals surface area contributed by atoms with Crippen molar-refractivity contribution in [3.8, 4) is 18.4 Å². The number of rotatable bonds is 2. The Morgan fingerprint density at radius 1 is 1.28 bits per heavy atom. The molecule has 18 heavy (non-hydrogen) atoms. The third kappa shape index (κ3) is 2.61. The average molecular weight is 243 g/mol. The van der Waals surface area contributed by atoms with E-state index in [1.165, 1.54) is 6.07 Å². The molecule has 0 saturated carbocycles. The average Bonchev–Trinajstić information content (AvgIpc) is 2.40. The Morgan fingerprint density at radius 2 is 2.00 bits per heavy atom. The number of hydrogen-bond donors (Lipinski definition) is 0. The first kappa shape index (κ1) is 12.4. The zero-order valence-corrected chi connectivity index (χ0v) is 10.1. The molecule has 3 nitrogen and oxygen atoms in total. The highest BCUT2D eigenvalue weighted by atomic mass is 19.1. The molecule has 4 heteroatoms. The molecular formula is C14H14FN3. The minimum atomic E-state index is -0.334. The van der Waals surface area contributed by atoms with Crippen LogP contribution in [0.1, 0.15) is 5.56 Å². The maximum Gasteiger partial charge on any atom is 0.147 e. The van der Waals surface area contributed by atoms with Crippen molar-refractivity contribution in [1.29, 1.82) is 5.26 Å². The molecule has 0 aliphatic carbocycles. The molecule has 1 fully saturated rings. The smallest absolute Gasteiger partial charge is 0.147 e. The standard InChI is InChI=1S/C14H14FN3/c1-2-5-17-6-8-18(9-7-17)14-4-3-12(11-16)10-13(14)15/h1,3-4,10H,5-9H2. The monoisotopic (exact) mass is 243 g/mol. The summed E-state index contributed by atoms with van der Waals surface area (Å²) in [7, 11) is 0. The summed E-state index contributed by atoms with van der Waals surface area (Å²) in [5, 5.41) is 8.70. The van der Waals surface area contributed by atoms with E-state index >= 15 is 0 Å². The van der Waals surface area contributed by atoms with Gasteiger partial charge < -0.3 is 4.90 Å². The summed E-state index contributed by atoms with van der Waals surface area (Å²) in [5.74, 6) is 2.28. The highest BCUT2D eigenvalue weighted by Crippen LogP contribution is 2.21. The van der Waals surface area contributed by atoms with Crippen LogP contribution in [0.4, 0.5) is 10.1 Å². The van der Waals surface area contributed by atoms with Crippen LogP contribution in [0.5, 0.6) is 0 Å². The van der Waals surface area contributed by atoms with Gasteiger partial charge in [-0.1, -0.05) is 5.92 Å². The number of nitriles is 1. The van der Waals surface area contributed by atoms with Crippen LogP contribution in [-0.4, -0.2) is 37.6 Å². The molecule has 0 N–H and O–H groups in total. The molecule has 1 heterocycles. The molecule has 0 radical (unpaired) electrons. The van der Waals surface area contributed by atoms with Gasteiger partial charge in [0.25, 0.3) is 0 Å². The van der Waals surface area contributed by atoms with E-state index in [1.54, 1.807) is 12.1 Å². The van der Waals surface area contributed by atoms with Crippen LogP contribution in [0.15, 0.2) is 18.2 Å². The van der Waals surface area contributed by atoms with Crippen LogP contribution in [0.2, 0.25) is 0 Å². The summed E-state index contributed by atoms with van der Waals surface area (Å²) in [6.45, 7) is 3.83. The Bertz CT molecular complexity index is 505. The molecule has 1 aliphatic heterocycles. The fraction of sp³-hybridized carbons (Fsp3) is 0.357. The number of benzene rings is 1. The normalized spacial score (nSPS) is 16.1. The number of halogens is 1. The van der Waals surface area contributed by atoms with E-state index in [0.717, 1.165) is 26.2 Å². The van der Waals surface area contributed by atoms with Gasteiger partial charge in [-0.05, 0) is 18.2 Å². The van der Waals surface area contributed by atoms with Gasteiger partial charge in [0.2, 0.25) is 0 Å². The largest absolute Gasteiger partial charge is 0.367 e. The number of nitrogens with zero attached hydrogens (tertiary/aromatic N) is 3. The van der Waals surface area contributed by atoms with Crippen molar-refractivity contribution in [3.05, 3.63) is 29.6 Å². The lowest BCUT2D eigenvalue weighted by Crippen LogP contribution is -2.46. The number of anilines is 1. The summed E-state index contributed by atoms with van der Waals surface area (Å²) in [6, 6.07) is 6.53. The molecular weight excluding hydrogens is 229 g/mol. The molecule has 92 valence electrons. The third-order valence-corrected chi connectivity index (χ3v) is 3.10. The zero-order valence-electron chi connectivity index (χ0n) is 10.1. The summed E-state index contributed by atoms with van der Waals surface area (Å²) >= 11 is 0. The van der Waals surface area contributed by atoms with Gasteiger partial charge in [-0.15, -0.1) is 6.42 Å². The van der Waals surface area contributed by atoms with Crippen LogP contribution < -0.4 is 4.90 Å². The van der Waals surface area contributed by atoms with Gasteiger partial charge in [0.05, 0.1) is 23.9 Å². The van der Waals surface area contributed by atoms with Crippen LogP contribution in [0, 0.1) is 29.5 Å². The fourth-order valence-corrected chi connectivity index (χ4v) is 2.11. The number of piperazine rings is 1. The van der Waals surface area contributed by atoms with E-state index in [0.29, 0.717) is 17.8 Å². The molecule has 0 unspecified atom stereocenters. The second kappa shape index (κ2) is 5.53. The van der Waals surface area contributed by atoms with Crippen molar-refractivity contribution >= 4 is 5.69 Å². The molecule has 0 aromatic heterocycles. The summed E-state index contributed by atoms with van der Waals surface area (Å²) in [4.78, 5) is 4.15. The summed E-state index contributed by atoms with van der Waals surface area (Å²) in [5.41, 5.74) is 0.913. The molecule has 1 saturated heterocycles. The summed E-state index contributed by atoms with van der Waals surface area (Å²) in [6.07, 6.45) is 5.27. The Morgan fingerprint density at radius 3 is 2.56 bits per heavy atom. The minimum Gasteiger partial charge on any atom is -0.367 e. The highest BCUT2D eigenvalue weighted by Gasteiger charge is 2.18. The van der Waals surface area contributed by atoms with Gasteiger partial charge in [-0.25, -0.2) is 4.39 Å². The fourth-order valence-electron chi connectivity index (χ4n) is 2.11. The molecule has 2 rings (SSSR count). The molecule has 1 aromatic carbocycles. The van der Waals surface area contributed by atoms with Crippen molar-refractivity contribution in [2.75, 3.05) is 37.6 Å². The van der Waals surface area contributed by atoms with Crippen LogP contribution in [0.3, 0.4) is 0 Å². The van der Waals surface area contributed by atoms with Gasteiger partial charge in [0.15, 0.2) is 0 Å². The lowest BCUT2D eigenvalue weighted by molar-refractivity contribution is 0.287. The van der Waals surface area contributed by atoms with Crippen molar-refractivity contribution in [3.63, 3.8) is 0 Å². The van der Waals surface area contributed by atoms with Crippen molar-refractivity contribution in [2.45, 2.75) is 0 Å². The van der Waals surface area contributed by atoms with E-state index in [-0.39, 0.29) is 5.82 Å². The Labute approximate surface area is 106 Å². The van der Waals surface area contributed by atoms with E-state index in [9.17, 15) is 4.39 Å². The molecule has 0 spiro atoms. The van der Waals surface area contributed by atoms with E-state index < -0.39 is 0 Å². The Kier molecular flexibility index (Phi) is 3.82. The maximum absolute atomic E-state index is 13.8. The first-order valence-corrected chi connectivity index (χ1v) is 5.85. The molecule has 0 bridgehead atoms. The third-order valence-electron chi connectivity index (χ3n) is 3.10. The van der Waals surface area contributed by atoms with Gasteiger partial charge >= 0.3 is 0 Å². The van der Waals surface area contributed by atoms with E-state index in [4.69, 9.17) is 11.7 Å². The van der Waals surface area contributed by atoms with Gasteiger partial charge in [0.1, 0.15) is 5.82 Å². The highest BCUT2D eigenvalue weighted by molar-refractivity contribution is 5.51. The second-order valence-corrected chi connectivity index (χ2v) is 4.25. The molecule has 0 atom stereocenters. The quantitative estimate of drug-likeness (QED) is 0.737. The SMILES string of the molecule is C#CCN1CCN(c2ccc(C#N)cc2F)CC1. The first-order chi connectivity index (χ1) is 8.74. The number of terminal acetylenes is 1. The zero-order chi connectivity index (χ0) is 13.0. The van der Waals surface area contributed by atoms with Crippen molar-refractivity contribution in [1.82, 2.24) is 4.90 Å². The molecule has 1 aromatic rings. The van der Waals surface area contributed by atoms with Gasteiger partial charge in [-0.3, -0.25) is 4.90 Å². The van der Waals surface area contributed by atoms with E-state index in [2.05, 4.69) is 10.8 Å². The van der Waals surface area contributed by atoms with Crippen LogP contribution >= 0.6 is 0 Å². The van der Waals surface area contributed by atoms with Crippen LogP contribution in [-0.2, 0) is 0 Å². The predicted molar refractivity (Wildman–Crippen MR) is 68.6 cm³/mol. The lowest BCUT2D eigenvalue weighted by atomic mass is 10.2. The minimum absolute atomic E-state index is 0.334. The Balaban J connectivity index is 2.06. The number of hydrogen-bond acceptors (Lipinski definition) is 3. The maximum atomic E-state index is 13.8. The summed E-state index contributed by atoms with van der Waals surface area (Å²) < 4.78 is 13.8. The molecule has 0 amide bonds. The molecule has 1 aliphatic rings. The first-order valence-electron chi connectivity index (χ1n) is 5.85. The topological polar surface area (TPSA) is 30.3 Å². The van der Waals surface area contributed by atoms with Crippen molar-refractivity contribution < 1.29 is 4.39 Å².